The molecule has 2 fully saturated rings. The fourth-order valence-corrected chi connectivity index (χ4v) is 6.38. The van der Waals surface area contributed by atoms with E-state index in [0.717, 1.165) is 0 Å². The number of sulfonamides is 1. The van der Waals surface area contributed by atoms with Crippen molar-refractivity contribution < 1.29 is 35.5 Å². The van der Waals surface area contributed by atoms with E-state index in [1.807, 2.05) is 0 Å². The Hall–Kier alpha value is -2.40. The Morgan fingerprint density at radius 1 is 1.27 bits per heavy atom. The smallest absolute Gasteiger partial charge is 0.345 e. The van der Waals surface area contributed by atoms with Gasteiger partial charge in [-0.25, -0.2) is 26.9 Å². The van der Waals surface area contributed by atoms with E-state index < -0.39 is 39.7 Å². The van der Waals surface area contributed by atoms with Crippen LogP contribution >= 0.6 is 11.3 Å². The summed E-state index contributed by atoms with van der Waals surface area (Å²) in [6.45, 7) is 0.720. The zero-order valence-electron chi connectivity index (χ0n) is 19.8. The molecule has 202 valence electrons. The average Bonchev–Trinajstić information content (AvgIpc) is 3.21. The Morgan fingerprint density at radius 2 is 2.03 bits per heavy atom. The van der Waals surface area contributed by atoms with Gasteiger partial charge in [0.1, 0.15) is 10.6 Å². The highest BCUT2D eigenvalue weighted by Crippen LogP contribution is 2.38. The van der Waals surface area contributed by atoms with E-state index in [2.05, 4.69) is 24.6 Å². The van der Waals surface area contributed by atoms with Crippen molar-refractivity contribution in [2.75, 3.05) is 24.6 Å². The number of hydrogen-bond donors (Lipinski definition) is 1. The molecule has 3 aromatic rings. The van der Waals surface area contributed by atoms with Crippen LogP contribution in [-0.2, 0) is 19.5 Å². The molecule has 0 radical (unpaired) electrons. The summed E-state index contributed by atoms with van der Waals surface area (Å²) < 4.78 is 92.5. The summed E-state index contributed by atoms with van der Waals surface area (Å²) in [5.41, 5.74) is 0.491. The number of halogens is 4. The van der Waals surface area contributed by atoms with Gasteiger partial charge in [0.25, 0.3) is 6.43 Å². The summed E-state index contributed by atoms with van der Waals surface area (Å²) in [7, 11) is -3.97. The number of fused-ring (bicyclic) bond motifs is 1. The Morgan fingerprint density at radius 3 is 2.68 bits per heavy atom. The standard InChI is InChI=1S/C21H24F4N6O4S2/c1-11-7-30(8-12(35-11)10-34-20(24)25)14-5-13(37(32,33)29-21(2)3-4-21)9-31-15(6-26-17(14)31)18-27-28-19(36-18)16(22)23/h5-6,9,11-12,16,20,29H,3-4,7-8,10H2,1-2H3/t11-,12-/m1/s1. The van der Waals surface area contributed by atoms with Crippen molar-refractivity contribution in [2.45, 2.75) is 62.4 Å². The highest BCUT2D eigenvalue weighted by Gasteiger charge is 2.41. The molecule has 2 atom stereocenters. The van der Waals surface area contributed by atoms with Crippen LogP contribution in [0.2, 0.25) is 0 Å². The van der Waals surface area contributed by atoms with Gasteiger partial charge in [-0.05, 0) is 32.8 Å². The lowest BCUT2D eigenvalue weighted by Gasteiger charge is -2.38. The lowest BCUT2D eigenvalue weighted by atomic mass is 10.2. The normalized spacial score (nSPS) is 21.9. The molecular formula is C21H24F4N6O4S2. The number of nitrogens with zero attached hydrogens (tertiary/aromatic N) is 5. The molecule has 0 bridgehead atoms. The minimum atomic E-state index is -3.97. The van der Waals surface area contributed by atoms with Gasteiger partial charge in [0.15, 0.2) is 15.7 Å². The van der Waals surface area contributed by atoms with Gasteiger partial charge < -0.3 is 14.4 Å². The Labute approximate surface area is 213 Å². The second kappa shape index (κ2) is 9.72. The van der Waals surface area contributed by atoms with Gasteiger partial charge in [-0.15, -0.1) is 10.2 Å². The van der Waals surface area contributed by atoms with Crippen LogP contribution in [0, 0.1) is 0 Å². The highest BCUT2D eigenvalue weighted by atomic mass is 32.2. The molecular weight excluding hydrogens is 540 g/mol. The van der Waals surface area contributed by atoms with Crippen LogP contribution in [0.1, 0.15) is 38.1 Å². The van der Waals surface area contributed by atoms with Crippen molar-refractivity contribution in [3.63, 3.8) is 0 Å². The maximum atomic E-state index is 13.3. The average molecular weight is 565 g/mol. The van der Waals surface area contributed by atoms with Crippen molar-refractivity contribution in [1.82, 2.24) is 24.3 Å². The molecule has 1 saturated carbocycles. The van der Waals surface area contributed by atoms with Crippen LogP contribution < -0.4 is 9.62 Å². The molecule has 10 nitrogen and oxygen atoms in total. The number of hydrogen-bond acceptors (Lipinski definition) is 9. The molecule has 37 heavy (non-hydrogen) atoms. The van der Waals surface area contributed by atoms with Crippen LogP contribution in [0.5, 0.6) is 0 Å². The lowest BCUT2D eigenvalue weighted by molar-refractivity contribution is -0.162. The predicted molar refractivity (Wildman–Crippen MR) is 126 cm³/mol. The number of morpholine rings is 1. The van der Waals surface area contributed by atoms with Crippen LogP contribution in [0.15, 0.2) is 23.4 Å². The first kappa shape index (κ1) is 26.2. The summed E-state index contributed by atoms with van der Waals surface area (Å²) in [4.78, 5) is 6.15. The number of rotatable bonds is 9. The molecule has 0 aromatic carbocycles. The molecule has 0 unspecified atom stereocenters. The number of aromatic nitrogens is 4. The fourth-order valence-electron chi connectivity index (χ4n) is 4.20. The maximum absolute atomic E-state index is 13.3. The fraction of sp³-hybridized carbons (Fsp3) is 0.571. The molecule has 1 aliphatic heterocycles. The molecule has 3 aromatic heterocycles. The molecule has 0 amide bonds. The third-order valence-corrected chi connectivity index (χ3v) is 8.73. The van der Waals surface area contributed by atoms with Gasteiger partial charge in [0.2, 0.25) is 10.0 Å². The van der Waals surface area contributed by atoms with Crippen LogP contribution in [0.25, 0.3) is 16.3 Å². The van der Waals surface area contributed by atoms with E-state index in [9.17, 15) is 26.0 Å². The largest absolute Gasteiger partial charge is 0.369 e. The van der Waals surface area contributed by atoms with E-state index in [1.165, 1.54) is 22.9 Å². The van der Waals surface area contributed by atoms with Crippen molar-refractivity contribution in [3.8, 4) is 10.7 Å². The van der Waals surface area contributed by atoms with Crippen LogP contribution in [0.4, 0.5) is 23.2 Å². The molecule has 5 rings (SSSR count). The zero-order valence-corrected chi connectivity index (χ0v) is 21.4. The van der Waals surface area contributed by atoms with E-state index >= 15 is 0 Å². The van der Waals surface area contributed by atoms with Gasteiger partial charge in [-0.1, -0.05) is 11.3 Å². The molecule has 1 N–H and O–H groups in total. The van der Waals surface area contributed by atoms with Gasteiger partial charge in [0, 0.05) is 24.8 Å². The Bertz CT molecular complexity index is 1390. The van der Waals surface area contributed by atoms with E-state index in [4.69, 9.17) is 4.74 Å². The SMILES string of the molecule is C[C@@H]1CN(c2cc(S(=O)(=O)NC3(C)CC3)cn3c(-c4nnc(C(F)F)s4)cnc23)C[C@H](COC(F)F)O1. The molecule has 1 saturated heterocycles. The Balaban J connectivity index is 1.60. The first-order valence-electron chi connectivity index (χ1n) is 11.4. The second-order valence-electron chi connectivity index (χ2n) is 9.38. The van der Waals surface area contributed by atoms with E-state index in [0.29, 0.717) is 42.1 Å². The minimum absolute atomic E-state index is 0.0690. The third-order valence-electron chi connectivity index (χ3n) is 6.17. The number of pyridine rings is 1. The van der Waals surface area contributed by atoms with Gasteiger partial charge in [0.05, 0.1) is 30.7 Å². The number of nitrogens with one attached hydrogen (secondary N) is 1. The van der Waals surface area contributed by atoms with Gasteiger partial charge in [-0.2, -0.15) is 8.78 Å². The summed E-state index contributed by atoms with van der Waals surface area (Å²) in [5.74, 6) is 0. The molecule has 1 aliphatic carbocycles. The molecule has 0 spiro atoms. The van der Waals surface area contributed by atoms with Crippen molar-refractivity contribution in [1.29, 1.82) is 0 Å². The van der Waals surface area contributed by atoms with Crippen molar-refractivity contribution in [2.24, 2.45) is 0 Å². The first-order chi connectivity index (χ1) is 17.4. The van der Waals surface area contributed by atoms with Crippen LogP contribution in [-0.4, -0.2) is 72.1 Å². The highest BCUT2D eigenvalue weighted by molar-refractivity contribution is 7.89. The summed E-state index contributed by atoms with van der Waals surface area (Å²) in [6, 6.07) is 1.47. The zero-order chi connectivity index (χ0) is 26.5. The number of ether oxygens (including phenoxy) is 2. The van der Waals surface area contributed by atoms with Gasteiger partial charge in [-0.3, -0.25) is 4.40 Å². The molecule has 4 heterocycles. The summed E-state index contributed by atoms with van der Waals surface area (Å²) >= 11 is 0.679. The van der Waals surface area contributed by atoms with E-state index in [1.54, 1.807) is 18.7 Å². The topological polar surface area (TPSA) is 111 Å². The van der Waals surface area contributed by atoms with E-state index in [-0.39, 0.29) is 34.9 Å². The molecule has 2 aliphatic rings. The molecule has 16 heteroatoms. The van der Waals surface area contributed by atoms with Gasteiger partial charge >= 0.3 is 6.61 Å². The predicted octanol–water partition coefficient (Wildman–Crippen LogP) is 3.45. The Kier molecular flexibility index (Phi) is 6.89. The van der Waals surface area contributed by atoms with Crippen LogP contribution in [0.3, 0.4) is 0 Å². The maximum Gasteiger partial charge on any atom is 0.345 e. The first-order valence-corrected chi connectivity index (χ1v) is 13.7. The second-order valence-corrected chi connectivity index (χ2v) is 12.1. The van der Waals surface area contributed by atoms with Crippen molar-refractivity contribution in [3.05, 3.63) is 23.5 Å². The minimum Gasteiger partial charge on any atom is -0.369 e. The third kappa shape index (κ3) is 5.57. The van der Waals surface area contributed by atoms with Crippen molar-refractivity contribution >= 4 is 32.7 Å². The quantitative estimate of drug-likeness (QED) is 0.394. The summed E-state index contributed by atoms with van der Waals surface area (Å²) in [5, 5.41) is 7.03. The number of imidazole rings is 1. The lowest BCUT2D eigenvalue weighted by Crippen LogP contribution is -2.48. The summed E-state index contributed by atoms with van der Waals surface area (Å²) in [6.07, 6.45) is 0.282. The number of anilines is 1. The number of alkyl halides is 4. The monoisotopic (exact) mass is 564 g/mol.